The van der Waals surface area contributed by atoms with Gasteiger partial charge in [-0.25, -0.2) is 4.79 Å². The van der Waals surface area contributed by atoms with Crippen LogP contribution in [0.4, 0.5) is 4.79 Å². The van der Waals surface area contributed by atoms with Crippen molar-refractivity contribution in [3.63, 3.8) is 0 Å². The van der Waals surface area contributed by atoms with Crippen molar-refractivity contribution in [2.75, 3.05) is 7.05 Å². The molecule has 1 aliphatic rings. The highest BCUT2D eigenvalue weighted by molar-refractivity contribution is 7.16. The summed E-state index contributed by atoms with van der Waals surface area (Å²) in [4.78, 5) is 14.7. The summed E-state index contributed by atoms with van der Waals surface area (Å²) < 4.78 is 2.83. The van der Waals surface area contributed by atoms with Crippen LogP contribution in [0.1, 0.15) is 22.9 Å². The Hall–Kier alpha value is -1.60. The van der Waals surface area contributed by atoms with Crippen LogP contribution in [0.15, 0.2) is 12.1 Å². The lowest BCUT2D eigenvalue weighted by Gasteiger charge is -2.17. The van der Waals surface area contributed by atoms with Crippen LogP contribution in [0, 0.1) is 0 Å². The molecule has 2 amide bonds. The Morgan fingerprint density at radius 3 is 3.14 bits per heavy atom. The molecule has 1 aliphatic heterocycles. The summed E-state index contributed by atoms with van der Waals surface area (Å²) in [6.07, 6.45) is 2.08. The number of aromatic nitrogens is 3. The normalized spacial score (nSPS) is 13.2. The summed E-state index contributed by atoms with van der Waals surface area (Å²) in [5.41, 5.74) is 0. The van der Waals surface area contributed by atoms with Crippen molar-refractivity contribution in [3.05, 3.63) is 33.0 Å². The molecule has 0 bridgehead atoms. The second kappa shape index (κ2) is 6.03. The van der Waals surface area contributed by atoms with E-state index in [-0.39, 0.29) is 6.03 Å². The zero-order valence-corrected chi connectivity index (χ0v) is 13.2. The molecule has 0 saturated carbocycles. The first-order valence-electron chi connectivity index (χ1n) is 6.77. The van der Waals surface area contributed by atoms with Gasteiger partial charge in [-0.05, 0) is 18.6 Å². The molecular weight excluding hydrogens is 310 g/mol. The van der Waals surface area contributed by atoms with Crippen LogP contribution < -0.4 is 5.32 Å². The average Bonchev–Trinajstić information content (AvgIpc) is 3.15. The number of carbonyl (C=O) groups is 1. The number of thiophene rings is 1. The fraction of sp³-hybridized carbons (Fsp3) is 0.462. The van der Waals surface area contributed by atoms with Gasteiger partial charge in [0, 0.05) is 24.9 Å². The monoisotopic (exact) mass is 325 g/mol. The molecule has 0 atom stereocenters. The smallest absolute Gasteiger partial charge is 0.317 e. The number of carbonyl (C=O) groups excluding carboxylic acids is 1. The molecule has 2 aromatic heterocycles. The van der Waals surface area contributed by atoms with Gasteiger partial charge < -0.3 is 14.8 Å². The fourth-order valence-corrected chi connectivity index (χ4v) is 3.38. The van der Waals surface area contributed by atoms with Crippen molar-refractivity contribution in [3.8, 4) is 0 Å². The zero-order valence-electron chi connectivity index (χ0n) is 11.7. The van der Waals surface area contributed by atoms with Crippen molar-refractivity contribution < 1.29 is 4.79 Å². The first-order valence-corrected chi connectivity index (χ1v) is 7.97. The van der Waals surface area contributed by atoms with E-state index in [2.05, 4.69) is 20.1 Å². The standard InChI is InChI=1S/C13H16ClN5OS/c1-18(8-12-17-16-11-3-2-6-19(11)12)13(20)15-7-9-4-5-10(14)21-9/h4-5H,2-3,6-8H2,1H3,(H,15,20). The number of hydrogen-bond donors (Lipinski definition) is 1. The van der Waals surface area contributed by atoms with Gasteiger partial charge in [0.2, 0.25) is 0 Å². The minimum Gasteiger partial charge on any atom is -0.333 e. The van der Waals surface area contributed by atoms with Crippen molar-refractivity contribution >= 4 is 29.0 Å². The molecule has 3 heterocycles. The van der Waals surface area contributed by atoms with Crippen LogP contribution in [0.3, 0.4) is 0 Å². The molecule has 0 spiro atoms. The van der Waals surface area contributed by atoms with Crippen LogP contribution in [-0.4, -0.2) is 32.7 Å². The van der Waals surface area contributed by atoms with Gasteiger partial charge in [-0.2, -0.15) is 0 Å². The van der Waals surface area contributed by atoms with Gasteiger partial charge >= 0.3 is 6.03 Å². The third-order valence-corrected chi connectivity index (χ3v) is 4.69. The minimum atomic E-state index is -0.130. The summed E-state index contributed by atoms with van der Waals surface area (Å²) in [5.74, 6) is 1.87. The average molecular weight is 326 g/mol. The largest absolute Gasteiger partial charge is 0.333 e. The Morgan fingerprint density at radius 2 is 2.38 bits per heavy atom. The van der Waals surface area contributed by atoms with Crippen LogP contribution in [0.5, 0.6) is 0 Å². The molecule has 6 nitrogen and oxygen atoms in total. The zero-order chi connectivity index (χ0) is 14.8. The molecule has 0 saturated heterocycles. The molecule has 0 aliphatic carbocycles. The summed E-state index contributed by atoms with van der Waals surface area (Å²) in [6, 6.07) is 3.62. The number of aryl methyl sites for hydroxylation is 1. The van der Waals surface area contributed by atoms with Crippen LogP contribution in [-0.2, 0) is 26.1 Å². The Morgan fingerprint density at radius 1 is 1.52 bits per heavy atom. The van der Waals surface area contributed by atoms with Crippen molar-refractivity contribution in [2.45, 2.75) is 32.5 Å². The summed E-state index contributed by atoms with van der Waals surface area (Å²) in [7, 11) is 1.76. The fourth-order valence-electron chi connectivity index (χ4n) is 2.36. The molecule has 0 unspecified atom stereocenters. The SMILES string of the molecule is CN(Cc1nnc2n1CCC2)C(=O)NCc1ccc(Cl)s1. The molecule has 0 radical (unpaired) electrons. The number of nitrogens with zero attached hydrogens (tertiary/aromatic N) is 4. The topological polar surface area (TPSA) is 63.1 Å². The summed E-state index contributed by atoms with van der Waals surface area (Å²) >= 11 is 7.33. The molecule has 8 heteroatoms. The highest BCUT2D eigenvalue weighted by atomic mass is 35.5. The minimum absolute atomic E-state index is 0.130. The van der Waals surface area contributed by atoms with Gasteiger partial charge in [-0.1, -0.05) is 11.6 Å². The lowest BCUT2D eigenvalue weighted by molar-refractivity contribution is 0.205. The van der Waals surface area contributed by atoms with E-state index in [1.165, 1.54) is 11.3 Å². The van der Waals surface area contributed by atoms with E-state index >= 15 is 0 Å². The Kier molecular flexibility index (Phi) is 4.12. The maximum atomic E-state index is 12.1. The van der Waals surface area contributed by atoms with Crippen LogP contribution in [0.25, 0.3) is 0 Å². The maximum Gasteiger partial charge on any atom is 0.317 e. The lowest BCUT2D eigenvalue weighted by Crippen LogP contribution is -2.36. The predicted molar refractivity (Wildman–Crippen MR) is 81.4 cm³/mol. The third kappa shape index (κ3) is 3.19. The van der Waals surface area contributed by atoms with E-state index in [0.29, 0.717) is 13.1 Å². The lowest BCUT2D eigenvalue weighted by atomic mass is 10.4. The summed E-state index contributed by atoms with van der Waals surface area (Å²) in [6.45, 7) is 1.89. The Balaban J connectivity index is 1.54. The Bertz CT molecular complexity index is 653. The van der Waals surface area contributed by atoms with Gasteiger partial charge in [0.05, 0.1) is 17.4 Å². The number of rotatable bonds is 4. The molecule has 21 heavy (non-hydrogen) atoms. The second-order valence-electron chi connectivity index (χ2n) is 5.01. The van der Waals surface area contributed by atoms with Gasteiger partial charge in [0.25, 0.3) is 0 Å². The number of urea groups is 1. The number of nitrogens with one attached hydrogen (secondary N) is 1. The van der Waals surface area contributed by atoms with Crippen LogP contribution in [0.2, 0.25) is 4.34 Å². The molecule has 1 N–H and O–H groups in total. The van der Waals surface area contributed by atoms with E-state index in [9.17, 15) is 4.79 Å². The van der Waals surface area contributed by atoms with Crippen molar-refractivity contribution in [1.82, 2.24) is 25.0 Å². The molecule has 112 valence electrons. The van der Waals surface area contributed by atoms with Crippen molar-refractivity contribution in [1.29, 1.82) is 0 Å². The number of hydrogen-bond acceptors (Lipinski definition) is 4. The Labute approximate surface area is 131 Å². The van der Waals surface area contributed by atoms with Crippen molar-refractivity contribution in [2.24, 2.45) is 0 Å². The molecular formula is C13H16ClN5OS. The van der Waals surface area contributed by atoms with E-state index in [1.807, 2.05) is 12.1 Å². The predicted octanol–water partition coefficient (Wildman–Crippen LogP) is 2.28. The maximum absolute atomic E-state index is 12.1. The molecule has 0 fully saturated rings. The van der Waals surface area contributed by atoms with Gasteiger partial charge in [-0.3, -0.25) is 0 Å². The molecule has 0 aromatic carbocycles. The van der Waals surface area contributed by atoms with Crippen LogP contribution >= 0.6 is 22.9 Å². The first-order chi connectivity index (χ1) is 10.1. The second-order valence-corrected chi connectivity index (χ2v) is 6.81. The number of fused-ring (bicyclic) bond motifs is 1. The summed E-state index contributed by atoms with van der Waals surface area (Å²) in [5, 5.41) is 11.2. The van der Waals surface area contributed by atoms with Gasteiger partial charge in [0.15, 0.2) is 5.82 Å². The van der Waals surface area contributed by atoms with E-state index in [1.54, 1.807) is 11.9 Å². The highest BCUT2D eigenvalue weighted by Crippen LogP contribution is 2.21. The van der Waals surface area contributed by atoms with E-state index in [0.717, 1.165) is 40.2 Å². The molecule has 2 aromatic rings. The number of amides is 2. The van der Waals surface area contributed by atoms with Gasteiger partial charge in [-0.15, -0.1) is 21.5 Å². The molecule has 3 rings (SSSR count). The van der Waals surface area contributed by atoms with E-state index in [4.69, 9.17) is 11.6 Å². The first kappa shape index (κ1) is 14.3. The quantitative estimate of drug-likeness (QED) is 0.938. The highest BCUT2D eigenvalue weighted by Gasteiger charge is 2.19. The van der Waals surface area contributed by atoms with E-state index < -0.39 is 0 Å². The third-order valence-electron chi connectivity index (χ3n) is 3.45. The van der Waals surface area contributed by atoms with Gasteiger partial charge in [0.1, 0.15) is 5.82 Å². The number of halogens is 1.